The van der Waals surface area contributed by atoms with Gasteiger partial charge in [-0.1, -0.05) is 37.3 Å². The van der Waals surface area contributed by atoms with Crippen LogP contribution in [-0.2, 0) is 19.3 Å². The molecule has 1 atom stereocenters. The highest BCUT2D eigenvalue weighted by Crippen LogP contribution is 2.42. The van der Waals surface area contributed by atoms with E-state index in [1.54, 1.807) is 0 Å². The van der Waals surface area contributed by atoms with Crippen LogP contribution < -0.4 is 0 Å². The first-order chi connectivity index (χ1) is 11.6. The number of esters is 1. The number of rotatable bonds is 6. The summed E-state index contributed by atoms with van der Waals surface area (Å²) in [5.74, 6) is -0.519. The summed E-state index contributed by atoms with van der Waals surface area (Å²) in [6.45, 7) is 4.36. The van der Waals surface area contributed by atoms with E-state index in [9.17, 15) is 4.79 Å². The van der Waals surface area contributed by atoms with Gasteiger partial charge in [0.2, 0.25) is 0 Å². The van der Waals surface area contributed by atoms with E-state index in [-0.39, 0.29) is 18.5 Å². The number of allylic oxidation sites excluding steroid dienone is 2. The van der Waals surface area contributed by atoms with Crippen molar-refractivity contribution in [2.45, 2.75) is 26.2 Å². The van der Waals surface area contributed by atoms with Gasteiger partial charge in [-0.2, -0.15) is 0 Å². The second-order valence-electron chi connectivity index (χ2n) is 5.65. The molecule has 0 fully saturated rings. The third-order valence-corrected chi connectivity index (χ3v) is 4.53. The van der Waals surface area contributed by atoms with E-state index < -0.39 is 0 Å². The maximum Gasteiger partial charge on any atom is 0.336 e. The number of carbonyl (C=O) groups is 1. The molecule has 0 saturated heterocycles. The first kappa shape index (κ1) is 18.2. The topological polar surface area (TPSA) is 48.0 Å². The monoisotopic (exact) mass is 331 g/mol. The number of carbonyl (C=O) groups excluding carboxylic acids is 1. The lowest BCUT2D eigenvalue weighted by Crippen LogP contribution is -2.32. The van der Waals surface area contributed by atoms with Gasteiger partial charge in [0, 0.05) is 24.4 Å². The summed E-state index contributed by atoms with van der Waals surface area (Å²) in [5, 5.41) is 0. The van der Waals surface area contributed by atoms with Crippen LogP contribution in [0.15, 0.2) is 52.9 Å². The molecule has 0 saturated carbocycles. The zero-order valence-electron chi connectivity index (χ0n) is 15.0. The van der Waals surface area contributed by atoms with Gasteiger partial charge in [-0.25, -0.2) is 14.6 Å². The number of hydrogen-bond acceptors (Lipinski definition) is 5. The smallest absolute Gasteiger partial charge is 0.336 e. The van der Waals surface area contributed by atoms with E-state index in [0.29, 0.717) is 5.57 Å². The molecule has 130 valence electrons. The van der Waals surface area contributed by atoms with Crippen molar-refractivity contribution >= 4 is 5.97 Å². The van der Waals surface area contributed by atoms with Gasteiger partial charge in [0.15, 0.2) is 0 Å². The minimum Gasteiger partial charge on any atom is -0.466 e. The Bertz CT molecular complexity index is 649. The average Bonchev–Trinajstić information content (AvgIpc) is 2.62. The number of nitrogens with zero attached hydrogens (tertiary/aromatic N) is 1. The highest BCUT2D eigenvalue weighted by Gasteiger charge is 2.36. The first-order valence-electron chi connectivity index (χ1n) is 8.02. The Morgan fingerprint density at radius 3 is 2.42 bits per heavy atom. The highest BCUT2D eigenvalue weighted by molar-refractivity contribution is 5.92. The molecule has 0 radical (unpaired) electrons. The Kier molecular flexibility index (Phi) is 6.17. The number of hydrogen-bond donors (Lipinski definition) is 0. The van der Waals surface area contributed by atoms with E-state index in [1.807, 2.05) is 56.1 Å². The fraction of sp³-hybridized carbons (Fsp3) is 0.421. The van der Waals surface area contributed by atoms with Crippen LogP contribution in [0.1, 0.15) is 31.7 Å². The van der Waals surface area contributed by atoms with Crippen molar-refractivity contribution < 1.29 is 19.3 Å². The zero-order valence-corrected chi connectivity index (χ0v) is 15.0. The lowest BCUT2D eigenvalue weighted by atomic mass is 9.79. The van der Waals surface area contributed by atoms with E-state index in [4.69, 9.17) is 14.5 Å². The van der Waals surface area contributed by atoms with Crippen LogP contribution in [0.3, 0.4) is 0 Å². The van der Waals surface area contributed by atoms with Gasteiger partial charge in [0.1, 0.15) is 6.61 Å². The maximum atomic E-state index is 12.6. The summed E-state index contributed by atoms with van der Waals surface area (Å²) >= 11 is 0. The molecule has 1 aromatic rings. The van der Waals surface area contributed by atoms with Crippen LogP contribution in [0.2, 0.25) is 0 Å². The van der Waals surface area contributed by atoms with E-state index in [2.05, 4.69) is 0 Å². The molecule has 0 amide bonds. The van der Waals surface area contributed by atoms with Crippen molar-refractivity contribution in [1.82, 2.24) is 4.90 Å². The fourth-order valence-corrected chi connectivity index (χ4v) is 3.25. The molecule has 1 aliphatic rings. The standard InChI is InChI=1S/C19H25NO4/c1-6-16-18(19(21)22-4)17(14-10-8-7-9-11-14)15(12-24-23-5)13(2)20(16)3/h7-11,17H,6,12H2,1-5H3. The fourth-order valence-electron chi connectivity index (χ4n) is 3.25. The van der Waals surface area contributed by atoms with E-state index in [0.717, 1.165) is 29.0 Å². The predicted octanol–water partition coefficient (Wildman–Crippen LogP) is 3.40. The van der Waals surface area contributed by atoms with Crippen molar-refractivity contribution in [3.05, 3.63) is 58.4 Å². The molecule has 1 aliphatic heterocycles. The van der Waals surface area contributed by atoms with Gasteiger partial charge in [-0.3, -0.25) is 0 Å². The van der Waals surface area contributed by atoms with Crippen LogP contribution in [-0.4, -0.2) is 38.7 Å². The summed E-state index contributed by atoms with van der Waals surface area (Å²) < 4.78 is 5.09. The number of ether oxygens (including phenoxy) is 1. The van der Waals surface area contributed by atoms with E-state index in [1.165, 1.54) is 14.2 Å². The van der Waals surface area contributed by atoms with Crippen LogP contribution in [0.5, 0.6) is 0 Å². The summed E-state index contributed by atoms with van der Waals surface area (Å²) in [6, 6.07) is 9.94. The van der Waals surface area contributed by atoms with Crippen molar-refractivity contribution in [3.63, 3.8) is 0 Å². The van der Waals surface area contributed by atoms with Gasteiger partial charge < -0.3 is 9.64 Å². The molecule has 1 aromatic carbocycles. The first-order valence-corrected chi connectivity index (χ1v) is 8.02. The molecular formula is C19H25NO4. The molecule has 0 N–H and O–H groups in total. The zero-order chi connectivity index (χ0) is 17.7. The molecule has 0 spiro atoms. The van der Waals surface area contributed by atoms with E-state index >= 15 is 0 Å². The largest absolute Gasteiger partial charge is 0.466 e. The molecule has 2 rings (SSSR count). The summed E-state index contributed by atoms with van der Waals surface area (Å²) in [4.78, 5) is 24.6. The van der Waals surface area contributed by atoms with Gasteiger partial charge in [-0.15, -0.1) is 0 Å². The maximum absolute atomic E-state index is 12.6. The van der Waals surface area contributed by atoms with Crippen LogP contribution in [0, 0.1) is 0 Å². The van der Waals surface area contributed by atoms with Gasteiger partial charge in [0.25, 0.3) is 0 Å². The molecule has 24 heavy (non-hydrogen) atoms. The Labute approximate surface area is 143 Å². The van der Waals surface area contributed by atoms with Crippen molar-refractivity contribution in [3.8, 4) is 0 Å². The summed E-state index contributed by atoms with van der Waals surface area (Å²) in [5.41, 5.74) is 4.71. The Morgan fingerprint density at radius 1 is 1.21 bits per heavy atom. The Balaban J connectivity index is 2.65. The van der Waals surface area contributed by atoms with Crippen LogP contribution in [0.4, 0.5) is 0 Å². The minimum atomic E-state index is -0.310. The summed E-state index contributed by atoms with van der Waals surface area (Å²) in [6.07, 6.45) is 0.736. The average molecular weight is 331 g/mol. The van der Waals surface area contributed by atoms with Gasteiger partial charge in [0.05, 0.1) is 19.8 Å². The lowest BCUT2D eigenvalue weighted by Gasteiger charge is -2.37. The van der Waals surface area contributed by atoms with Crippen LogP contribution >= 0.6 is 0 Å². The molecule has 1 unspecified atom stereocenters. The molecule has 5 nitrogen and oxygen atoms in total. The van der Waals surface area contributed by atoms with Crippen molar-refractivity contribution in [1.29, 1.82) is 0 Å². The second-order valence-corrected chi connectivity index (χ2v) is 5.65. The number of benzene rings is 1. The Hall–Kier alpha value is -2.11. The lowest BCUT2D eigenvalue weighted by molar-refractivity contribution is -0.265. The third kappa shape index (κ3) is 3.37. The molecule has 1 heterocycles. The SMILES string of the molecule is CCC1=C(C(=O)OC)C(c2ccccc2)C(COOC)=C(C)N1C. The Morgan fingerprint density at radius 2 is 1.88 bits per heavy atom. The second kappa shape index (κ2) is 8.13. The van der Waals surface area contributed by atoms with Gasteiger partial charge in [-0.05, 0) is 24.5 Å². The third-order valence-electron chi connectivity index (χ3n) is 4.53. The predicted molar refractivity (Wildman–Crippen MR) is 91.9 cm³/mol. The molecular weight excluding hydrogens is 306 g/mol. The molecule has 0 bridgehead atoms. The molecule has 0 aromatic heterocycles. The van der Waals surface area contributed by atoms with Crippen molar-refractivity contribution in [2.24, 2.45) is 0 Å². The molecule has 5 heteroatoms. The van der Waals surface area contributed by atoms with Crippen molar-refractivity contribution in [2.75, 3.05) is 27.9 Å². The quantitative estimate of drug-likeness (QED) is 0.454. The van der Waals surface area contributed by atoms with Gasteiger partial charge >= 0.3 is 5.97 Å². The highest BCUT2D eigenvalue weighted by atomic mass is 17.2. The minimum absolute atomic E-state index is 0.208. The molecule has 0 aliphatic carbocycles. The number of methoxy groups -OCH3 is 1. The van der Waals surface area contributed by atoms with Crippen LogP contribution in [0.25, 0.3) is 0 Å². The normalized spacial score (nSPS) is 18.2. The summed E-state index contributed by atoms with van der Waals surface area (Å²) in [7, 11) is 4.86.